The Labute approximate surface area is 112 Å². The van der Waals surface area contributed by atoms with E-state index in [2.05, 4.69) is 35.3 Å². The molecule has 0 spiro atoms. The van der Waals surface area contributed by atoms with Crippen LogP contribution in [0.5, 0.6) is 0 Å². The third-order valence-corrected chi connectivity index (χ3v) is 2.96. The Hall–Kier alpha value is -1.66. The standard InChI is InChI=1S/C13H20N4O2/c1-9(2)10-7-11-13(14-5-6-17(11)16-10)15-8-12(18-3)19-4/h5-7,9,12H,8H2,1-4H3,(H,14,15). The third kappa shape index (κ3) is 3.02. The maximum atomic E-state index is 5.14. The molecular weight excluding hydrogens is 244 g/mol. The molecule has 0 atom stereocenters. The summed E-state index contributed by atoms with van der Waals surface area (Å²) in [4.78, 5) is 4.34. The second-order valence-corrected chi connectivity index (χ2v) is 4.61. The van der Waals surface area contributed by atoms with Crippen molar-refractivity contribution in [2.75, 3.05) is 26.1 Å². The molecular formula is C13H20N4O2. The topological polar surface area (TPSA) is 60.7 Å². The van der Waals surface area contributed by atoms with Crippen molar-refractivity contribution in [3.05, 3.63) is 24.2 Å². The number of hydrogen-bond donors (Lipinski definition) is 1. The highest BCUT2D eigenvalue weighted by Gasteiger charge is 2.11. The van der Waals surface area contributed by atoms with E-state index in [9.17, 15) is 0 Å². The maximum absolute atomic E-state index is 5.14. The van der Waals surface area contributed by atoms with Gasteiger partial charge >= 0.3 is 0 Å². The lowest BCUT2D eigenvalue weighted by Crippen LogP contribution is -2.24. The molecule has 2 heterocycles. The SMILES string of the molecule is COC(CNc1nccn2nc(C(C)C)cc12)OC. The highest BCUT2D eigenvalue weighted by molar-refractivity contribution is 5.67. The average molecular weight is 264 g/mol. The zero-order chi connectivity index (χ0) is 13.8. The molecule has 0 bridgehead atoms. The van der Waals surface area contributed by atoms with Crippen LogP contribution in [0.2, 0.25) is 0 Å². The summed E-state index contributed by atoms with van der Waals surface area (Å²) in [6.07, 6.45) is 3.27. The fraction of sp³-hybridized carbons (Fsp3) is 0.538. The van der Waals surface area contributed by atoms with Crippen LogP contribution in [0.15, 0.2) is 18.5 Å². The van der Waals surface area contributed by atoms with Crippen LogP contribution < -0.4 is 5.32 Å². The van der Waals surface area contributed by atoms with Crippen LogP contribution in [0.3, 0.4) is 0 Å². The molecule has 0 aliphatic rings. The number of fused-ring (bicyclic) bond motifs is 1. The predicted molar refractivity (Wildman–Crippen MR) is 73.4 cm³/mol. The van der Waals surface area contributed by atoms with E-state index in [0.717, 1.165) is 17.0 Å². The van der Waals surface area contributed by atoms with Crippen molar-refractivity contribution in [1.82, 2.24) is 14.6 Å². The van der Waals surface area contributed by atoms with Gasteiger partial charge in [0.1, 0.15) is 5.52 Å². The monoisotopic (exact) mass is 264 g/mol. The summed E-state index contributed by atoms with van der Waals surface area (Å²) in [5.41, 5.74) is 2.00. The van der Waals surface area contributed by atoms with E-state index in [0.29, 0.717) is 12.5 Å². The Morgan fingerprint density at radius 2 is 2.05 bits per heavy atom. The summed E-state index contributed by atoms with van der Waals surface area (Å²) in [5, 5.41) is 7.73. The first kappa shape index (κ1) is 13.8. The first-order valence-electron chi connectivity index (χ1n) is 6.29. The molecule has 19 heavy (non-hydrogen) atoms. The summed E-state index contributed by atoms with van der Waals surface area (Å²) < 4.78 is 12.1. The molecule has 6 heteroatoms. The number of anilines is 1. The molecule has 1 N–H and O–H groups in total. The summed E-state index contributed by atoms with van der Waals surface area (Å²) in [6, 6.07) is 2.05. The minimum atomic E-state index is -0.297. The largest absolute Gasteiger partial charge is 0.363 e. The van der Waals surface area contributed by atoms with Crippen molar-refractivity contribution in [1.29, 1.82) is 0 Å². The van der Waals surface area contributed by atoms with Gasteiger partial charge in [-0.1, -0.05) is 13.8 Å². The fourth-order valence-corrected chi connectivity index (χ4v) is 1.80. The van der Waals surface area contributed by atoms with Gasteiger partial charge < -0.3 is 14.8 Å². The number of nitrogens with one attached hydrogen (secondary N) is 1. The van der Waals surface area contributed by atoms with Gasteiger partial charge in [0.25, 0.3) is 0 Å². The molecule has 0 fully saturated rings. The van der Waals surface area contributed by atoms with Gasteiger partial charge in [-0.25, -0.2) is 9.50 Å². The van der Waals surface area contributed by atoms with E-state index >= 15 is 0 Å². The number of aromatic nitrogens is 3. The minimum Gasteiger partial charge on any atom is -0.363 e. The summed E-state index contributed by atoms with van der Waals surface area (Å²) in [7, 11) is 3.22. The molecule has 0 radical (unpaired) electrons. The van der Waals surface area contributed by atoms with E-state index < -0.39 is 0 Å². The molecule has 0 saturated heterocycles. The maximum Gasteiger partial charge on any atom is 0.173 e. The normalized spacial score (nSPS) is 11.7. The van der Waals surface area contributed by atoms with Gasteiger partial charge in [-0.3, -0.25) is 0 Å². The number of methoxy groups -OCH3 is 2. The van der Waals surface area contributed by atoms with Crippen molar-refractivity contribution in [3.8, 4) is 0 Å². The smallest absolute Gasteiger partial charge is 0.173 e. The Balaban J connectivity index is 2.23. The van der Waals surface area contributed by atoms with Crippen molar-refractivity contribution < 1.29 is 9.47 Å². The summed E-state index contributed by atoms with van der Waals surface area (Å²) >= 11 is 0. The van der Waals surface area contributed by atoms with Crippen LogP contribution in [-0.2, 0) is 9.47 Å². The molecule has 0 aliphatic carbocycles. The van der Waals surface area contributed by atoms with Crippen LogP contribution in [0.4, 0.5) is 5.82 Å². The third-order valence-electron chi connectivity index (χ3n) is 2.96. The quantitative estimate of drug-likeness (QED) is 0.807. The van der Waals surface area contributed by atoms with Gasteiger partial charge in [0.2, 0.25) is 0 Å². The molecule has 2 rings (SSSR count). The van der Waals surface area contributed by atoms with Crippen LogP contribution >= 0.6 is 0 Å². The first-order valence-corrected chi connectivity index (χ1v) is 6.29. The van der Waals surface area contributed by atoms with E-state index in [1.807, 2.05) is 10.7 Å². The van der Waals surface area contributed by atoms with E-state index in [1.165, 1.54) is 0 Å². The highest BCUT2D eigenvalue weighted by atomic mass is 16.7. The Morgan fingerprint density at radius 1 is 1.32 bits per heavy atom. The van der Waals surface area contributed by atoms with Crippen molar-refractivity contribution in [2.45, 2.75) is 26.1 Å². The molecule has 2 aromatic rings. The molecule has 0 amide bonds. The number of ether oxygens (including phenoxy) is 2. The van der Waals surface area contributed by atoms with Gasteiger partial charge in [-0.05, 0) is 12.0 Å². The van der Waals surface area contributed by atoms with Crippen LogP contribution in [0.1, 0.15) is 25.5 Å². The summed E-state index contributed by atoms with van der Waals surface area (Å²) in [5.74, 6) is 1.17. The molecule has 6 nitrogen and oxygen atoms in total. The zero-order valence-electron chi connectivity index (χ0n) is 11.8. The fourth-order valence-electron chi connectivity index (χ4n) is 1.80. The lowest BCUT2D eigenvalue weighted by atomic mass is 10.1. The highest BCUT2D eigenvalue weighted by Crippen LogP contribution is 2.19. The molecule has 0 unspecified atom stereocenters. The van der Waals surface area contributed by atoms with E-state index in [-0.39, 0.29) is 6.29 Å². The Morgan fingerprint density at radius 3 is 2.68 bits per heavy atom. The van der Waals surface area contributed by atoms with E-state index in [1.54, 1.807) is 20.4 Å². The molecule has 104 valence electrons. The Bertz CT molecular complexity index is 534. The second-order valence-electron chi connectivity index (χ2n) is 4.61. The lowest BCUT2D eigenvalue weighted by molar-refractivity contribution is -0.0914. The second kappa shape index (κ2) is 5.99. The van der Waals surface area contributed by atoms with Gasteiger partial charge in [-0.15, -0.1) is 0 Å². The predicted octanol–water partition coefficient (Wildman–Crippen LogP) is 1.88. The van der Waals surface area contributed by atoms with Crippen molar-refractivity contribution in [2.24, 2.45) is 0 Å². The number of hydrogen-bond acceptors (Lipinski definition) is 5. The first-order chi connectivity index (χ1) is 9.15. The summed E-state index contributed by atoms with van der Waals surface area (Å²) in [6.45, 7) is 4.77. The van der Waals surface area contributed by atoms with Gasteiger partial charge in [0.05, 0.1) is 12.2 Å². The van der Waals surface area contributed by atoms with Crippen LogP contribution in [0, 0.1) is 0 Å². The zero-order valence-corrected chi connectivity index (χ0v) is 11.8. The van der Waals surface area contributed by atoms with Crippen LogP contribution in [-0.4, -0.2) is 41.7 Å². The van der Waals surface area contributed by atoms with E-state index in [4.69, 9.17) is 9.47 Å². The molecule has 0 saturated carbocycles. The average Bonchev–Trinajstić information content (AvgIpc) is 2.84. The van der Waals surface area contributed by atoms with Crippen LogP contribution in [0.25, 0.3) is 5.52 Å². The van der Waals surface area contributed by atoms with Gasteiger partial charge in [0, 0.05) is 26.6 Å². The molecule has 0 aliphatic heterocycles. The lowest BCUT2D eigenvalue weighted by Gasteiger charge is -2.14. The number of nitrogens with zero attached hydrogens (tertiary/aromatic N) is 3. The van der Waals surface area contributed by atoms with Gasteiger partial charge in [-0.2, -0.15) is 5.10 Å². The molecule has 0 aromatic carbocycles. The van der Waals surface area contributed by atoms with Crippen molar-refractivity contribution in [3.63, 3.8) is 0 Å². The van der Waals surface area contributed by atoms with Crippen molar-refractivity contribution >= 4 is 11.3 Å². The number of rotatable bonds is 6. The molecule has 2 aromatic heterocycles. The van der Waals surface area contributed by atoms with Gasteiger partial charge in [0.15, 0.2) is 12.1 Å². The minimum absolute atomic E-state index is 0.297. The Kier molecular flexibility index (Phi) is 4.34.